The van der Waals surface area contributed by atoms with Gasteiger partial charge in [-0.2, -0.15) is 4.99 Å². The fraction of sp³-hybridized carbons (Fsp3) is 0.539. The SMILES string of the molecule is NC1=NC#CCC(Cc2cccc(CCc3ccccc3)c2)C2=CC(N)NC=C2Cc2cc(O)c(OCO)cc2C(CO)=CC(=O)CC(=O)CC2CCC3C(CC4C5CCNCC5CC5C=CCNC54)(C2)CC2NC4C(=C5CC(CC6CCC23C56)N1)C=CCC4O. The van der Waals surface area contributed by atoms with E-state index in [1.165, 1.54) is 41.2 Å². The highest BCUT2D eigenvalue weighted by molar-refractivity contribution is 6.08. The molecule has 0 radical (unpaired) electrons. The van der Waals surface area contributed by atoms with Crippen LogP contribution in [0.15, 0.2) is 137 Å². The van der Waals surface area contributed by atoms with Gasteiger partial charge in [-0.3, -0.25) is 9.59 Å². The van der Waals surface area contributed by atoms with Gasteiger partial charge in [-0.1, -0.05) is 90.4 Å². The molecule has 3 aromatic carbocycles. The Balaban J connectivity index is 0.846. The van der Waals surface area contributed by atoms with Crippen molar-refractivity contribution < 1.29 is 34.8 Å². The largest absolute Gasteiger partial charge is 0.504 e. The molecule has 480 valence electrons. The van der Waals surface area contributed by atoms with Crippen LogP contribution >= 0.6 is 0 Å². The van der Waals surface area contributed by atoms with Crippen molar-refractivity contribution in [2.45, 2.75) is 158 Å². The molecular formula is C76H94N8O7. The van der Waals surface area contributed by atoms with Crippen molar-refractivity contribution >= 4 is 23.1 Å². The Morgan fingerprint density at radius 1 is 0.901 bits per heavy atom. The number of allylic oxidation sites excluding steroid dienone is 3. The van der Waals surface area contributed by atoms with E-state index in [1.807, 2.05) is 18.3 Å². The summed E-state index contributed by atoms with van der Waals surface area (Å²) in [5.74, 6) is 6.26. The van der Waals surface area contributed by atoms with Crippen molar-refractivity contribution in [2.24, 2.45) is 80.6 Å². The van der Waals surface area contributed by atoms with Crippen LogP contribution in [0.3, 0.4) is 0 Å². The highest BCUT2D eigenvalue weighted by atomic mass is 16.6. The van der Waals surface area contributed by atoms with Gasteiger partial charge in [-0.15, -0.1) is 0 Å². The van der Waals surface area contributed by atoms with E-state index in [1.54, 1.807) is 12.1 Å². The molecule has 1 saturated heterocycles. The quantitative estimate of drug-likeness (QED) is 0.0400. The molecule has 7 heterocycles. The second-order valence-corrected chi connectivity index (χ2v) is 29.2. The number of aliphatic hydroxyl groups is 3. The number of benzene rings is 3. The van der Waals surface area contributed by atoms with Gasteiger partial charge >= 0.3 is 0 Å². The third kappa shape index (κ3) is 12.4. The Bertz CT molecular complexity index is 3540. The number of phenols is 1. The molecule has 3 aromatic rings. The molecule has 17 unspecified atom stereocenters. The van der Waals surface area contributed by atoms with E-state index in [2.05, 4.69) is 111 Å². The monoisotopic (exact) mass is 1230 g/mol. The van der Waals surface area contributed by atoms with E-state index < -0.39 is 31.5 Å². The number of carbonyl (C=O) groups excluding carboxylic acids is 2. The zero-order chi connectivity index (χ0) is 62.4. The molecule has 6 fully saturated rings. The minimum absolute atomic E-state index is 0.0139. The Labute approximate surface area is 536 Å². The average molecular weight is 1230 g/mol. The van der Waals surface area contributed by atoms with E-state index in [0.29, 0.717) is 90.2 Å². The third-order valence-electron chi connectivity index (χ3n) is 24.1. The Kier molecular flexibility index (Phi) is 18.0. The lowest BCUT2D eigenvalue weighted by molar-refractivity contribution is -0.126. The van der Waals surface area contributed by atoms with Crippen LogP contribution in [-0.4, -0.2) is 107 Å². The molecule has 13 aliphatic rings. The number of piperidine rings is 1. The minimum atomic E-state index is -0.711. The number of guanidine groups is 1. The maximum atomic E-state index is 14.8. The average Bonchev–Trinajstić information content (AvgIpc) is 1.52. The maximum Gasteiger partial charge on any atom is 0.202 e. The fourth-order valence-corrected chi connectivity index (χ4v) is 20.9. The molecule has 0 aromatic heterocycles. The summed E-state index contributed by atoms with van der Waals surface area (Å²) in [5, 5.41) is 64.2. The van der Waals surface area contributed by atoms with Crippen LogP contribution in [-0.2, 0) is 35.3 Å². The summed E-state index contributed by atoms with van der Waals surface area (Å²) in [5.41, 5.74) is 23.1. The van der Waals surface area contributed by atoms with Crippen LogP contribution in [0, 0.1) is 76.1 Å². The molecule has 7 aliphatic heterocycles. The first-order valence-electron chi connectivity index (χ1n) is 34.4. The van der Waals surface area contributed by atoms with Crippen molar-refractivity contribution in [3.05, 3.63) is 159 Å². The van der Waals surface area contributed by atoms with Crippen molar-refractivity contribution in [2.75, 3.05) is 33.0 Å². The number of phenolic OH excluding ortho intramolecular Hbond substituents is 1. The van der Waals surface area contributed by atoms with E-state index >= 15 is 0 Å². The molecule has 1 spiro atoms. The van der Waals surface area contributed by atoms with Gasteiger partial charge in [0.2, 0.25) is 5.96 Å². The lowest BCUT2D eigenvalue weighted by atomic mass is 9.50. The number of aryl methyl sites for hydroxylation is 2. The molecule has 13 N–H and O–H groups in total. The number of nitrogens with one attached hydrogen (secondary N) is 5. The van der Waals surface area contributed by atoms with E-state index in [9.17, 15) is 30.0 Å². The van der Waals surface area contributed by atoms with Crippen molar-refractivity contribution in [1.29, 1.82) is 0 Å². The molecule has 15 heteroatoms. The van der Waals surface area contributed by atoms with Crippen LogP contribution in [0.1, 0.15) is 124 Å². The summed E-state index contributed by atoms with van der Waals surface area (Å²) < 4.78 is 5.52. The molecule has 5 saturated carbocycles. The number of hydrogen-bond donors (Lipinski definition) is 11. The molecule has 6 aliphatic carbocycles. The number of ketones is 2. The van der Waals surface area contributed by atoms with Gasteiger partial charge in [0.25, 0.3) is 0 Å². The number of aromatic hydroxyl groups is 1. The number of ether oxygens (including phenoxy) is 1. The van der Waals surface area contributed by atoms with Gasteiger partial charge in [0.15, 0.2) is 24.1 Å². The van der Waals surface area contributed by atoms with Crippen LogP contribution in [0.2, 0.25) is 0 Å². The van der Waals surface area contributed by atoms with Gasteiger partial charge in [-0.05, 0) is 254 Å². The predicted octanol–water partition coefficient (Wildman–Crippen LogP) is 7.89. The van der Waals surface area contributed by atoms with E-state index in [0.717, 1.165) is 107 Å². The number of aliphatic hydroxyl groups excluding tert-OH is 3. The zero-order valence-electron chi connectivity index (χ0n) is 52.6. The standard InChI is InChI=1S/C76H94N8O7/c77-70-37-62-49(27-47-11-4-10-46(26-47)17-16-45-8-2-1-3-9-45)12-6-24-81-74(78)83-56-31-50-20-22-76-68-19-18-48(28-57(87)35-58(88)32-55(43-85)61-36-67(91-44-86)66(90)33-52(61)30-54(62)42-82-70)38-75(68,39-64-59-21-25-79-41-53(59)29-51-13-7-23-80-72(51)64)40-69(76)84-73-60(14-5-15-65(73)89)63(34-56)71(50)76/h1-5,7-11,13-14,26,32-33,36-37,42,48-51,53,56,59,64-65,68-73,79-80,82,84-86,89-90H,12,15-23,25,27-31,34-35,38-41,43-44,77H2,(H3,78,81,83). The molecule has 91 heavy (non-hydrogen) atoms. The number of aliphatic imine (C=N–C) groups is 1. The molecule has 8 bridgehead atoms. The molecule has 16 rings (SSSR count). The van der Waals surface area contributed by atoms with Crippen LogP contribution in [0.5, 0.6) is 11.5 Å². The van der Waals surface area contributed by atoms with Crippen LogP contribution < -0.4 is 42.8 Å². The second-order valence-electron chi connectivity index (χ2n) is 29.2. The number of carbonyl (C=O) groups is 2. The smallest absolute Gasteiger partial charge is 0.202 e. The molecule has 0 amide bonds. The molecule has 17 atom stereocenters. The summed E-state index contributed by atoms with van der Waals surface area (Å²) in [6.07, 6.45) is 28.7. The van der Waals surface area contributed by atoms with Gasteiger partial charge in [0.1, 0.15) is 5.78 Å². The van der Waals surface area contributed by atoms with Crippen LogP contribution in [0.4, 0.5) is 0 Å². The topological polar surface area (TPSA) is 249 Å². The Morgan fingerprint density at radius 2 is 1.76 bits per heavy atom. The first-order chi connectivity index (χ1) is 44.3. The zero-order valence-corrected chi connectivity index (χ0v) is 52.6. The summed E-state index contributed by atoms with van der Waals surface area (Å²) in [6, 6.07) is 25.9. The normalized spacial score (nSPS) is 36.1. The van der Waals surface area contributed by atoms with Gasteiger partial charge < -0.3 is 63.2 Å². The minimum Gasteiger partial charge on any atom is -0.504 e. The number of nitrogens with zero attached hydrogens (tertiary/aromatic N) is 1. The van der Waals surface area contributed by atoms with Crippen molar-refractivity contribution in [3.63, 3.8) is 0 Å². The number of dihydropyridines is 1. The number of Topliss-reactive ketones (excluding diaryl/α,β-unsaturated/α-hetero) is 1. The second kappa shape index (κ2) is 26.4. The predicted molar refractivity (Wildman–Crippen MR) is 354 cm³/mol. The summed E-state index contributed by atoms with van der Waals surface area (Å²) >= 11 is 0. The number of nitrogens with two attached hydrogens (primary N) is 2. The summed E-state index contributed by atoms with van der Waals surface area (Å²) in [4.78, 5) is 34.1. The summed E-state index contributed by atoms with van der Waals surface area (Å²) in [7, 11) is 0. The fourth-order valence-electron chi connectivity index (χ4n) is 20.9. The van der Waals surface area contributed by atoms with Gasteiger partial charge in [-0.25, -0.2) is 0 Å². The van der Waals surface area contributed by atoms with Crippen molar-refractivity contribution in [1.82, 2.24) is 26.6 Å². The van der Waals surface area contributed by atoms with Crippen LogP contribution in [0.25, 0.3) is 5.57 Å². The highest BCUT2D eigenvalue weighted by Crippen LogP contribution is 2.75. The lowest BCUT2D eigenvalue weighted by Crippen LogP contribution is -2.57. The Morgan fingerprint density at radius 3 is 2.63 bits per heavy atom. The maximum absolute atomic E-state index is 14.8. The number of fused-ring (bicyclic) bond motifs is 3. The number of rotatable bonds is 10. The first kappa shape index (κ1) is 61.9. The lowest BCUT2D eigenvalue weighted by Gasteiger charge is -2.56. The molecular weight excluding hydrogens is 1140 g/mol. The number of hydrogen-bond acceptors (Lipinski definition) is 15. The van der Waals surface area contributed by atoms with E-state index in [4.69, 9.17) is 21.2 Å². The van der Waals surface area contributed by atoms with Gasteiger partial charge in [0.05, 0.1) is 31.3 Å². The Hall–Kier alpha value is -6.61. The van der Waals surface area contributed by atoms with E-state index in [-0.39, 0.29) is 76.5 Å². The summed E-state index contributed by atoms with van der Waals surface area (Å²) in [6.45, 7) is 1.74. The third-order valence-corrected chi connectivity index (χ3v) is 24.1. The first-order valence-corrected chi connectivity index (χ1v) is 34.4. The van der Waals surface area contributed by atoms with Crippen molar-refractivity contribution in [3.8, 4) is 23.5 Å². The molecule has 15 nitrogen and oxygen atoms in total. The van der Waals surface area contributed by atoms with Gasteiger partial charge in [0, 0.05) is 49.8 Å². The highest BCUT2D eigenvalue weighted by Gasteiger charge is 2.71.